The van der Waals surface area contributed by atoms with Crippen LogP contribution in [0.25, 0.3) is 11.1 Å². The van der Waals surface area contributed by atoms with Gasteiger partial charge in [0.05, 0.1) is 11.9 Å². The highest BCUT2D eigenvalue weighted by Gasteiger charge is 2.02. The average Bonchev–Trinajstić information content (AvgIpc) is 2.31. The lowest BCUT2D eigenvalue weighted by molar-refractivity contribution is 0.321. The summed E-state index contributed by atoms with van der Waals surface area (Å²) in [7, 11) is 0. The van der Waals surface area contributed by atoms with Crippen molar-refractivity contribution in [1.29, 1.82) is 0 Å². The van der Waals surface area contributed by atoms with Gasteiger partial charge < -0.3 is 5.21 Å². The van der Waals surface area contributed by atoms with Gasteiger partial charge in [0.2, 0.25) is 0 Å². The lowest BCUT2D eigenvalue weighted by atomic mass is 10.1. The Morgan fingerprint density at radius 3 is 2.67 bits per heavy atom. The monoisotopic (exact) mass is 199 g/mol. The van der Waals surface area contributed by atoms with Gasteiger partial charge in [-0.25, -0.2) is 0 Å². The molecule has 0 atom stereocenters. The molecule has 0 bridgehead atoms. The van der Waals surface area contributed by atoms with E-state index in [1.807, 2.05) is 24.3 Å². The van der Waals surface area contributed by atoms with Gasteiger partial charge in [-0.05, 0) is 23.8 Å². The highest BCUT2D eigenvalue weighted by Crippen LogP contribution is 2.19. The summed E-state index contributed by atoms with van der Waals surface area (Å²) in [5.41, 5.74) is 2.54. The van der Waals surface area contributed by atoms with E-state index in [2.05, 4.69) is 15.1 Å². The van der Waals surface area contributed by atoms with Crippen molar-refractivity contribution in [3.05, 3.63) is 48.5 Å². The van der Waals surface area contributed by atoms with Gasteiger partial charge in [-0.3, -0.25) is 9.97 Å². The Hall–Kier alpha value is -2.23. The van der Waals surface area contributed by atoms with Crippen molar-refractivity contribution in [3.63, 3.8) is 0 Å². The van der Waals surface area contributed by atoms with Crippen molar-refractivity contribution < 1.29 is 5.21 Å². The lowest BCUT2D eigenvalue weighted by Gasteiger charge is -2.03. The molecule has 2 aromatic heterocycles. The third-order valence-corrected chi connectivity index (χ3v) is 2.01. The second kappa shape index (κ2) is 4.32. The molecule has 0 saturated carbocycles. The first-order chi connectivity index (χ1) is 7.42. The molecule has 1 N–H and O–H groups in total. The fourth-order valence-electron chi connectivity index (χ4n) is 1.35. The SMILES string of the molecule is ON=Cc1ncccc1-c1ccncc1. The van der Waals surface area contributed by atoms with E-state index in [-0.39, 0.29) is 0 Å². The molecule has 0 unspecified atom stereocenters. The Balaban J connectivity index is 2.53. The van der Waals surface area contributed by atoms with Crippen LogP contribution >= 0.6 is 0 Å². The zero-order valence-electron chi connectivity index (χ0n) is 7.91. The molecule has 2 heterocycles. The van der Waals surface area contributed by atoms with Crippen LogP contribution in [0.2, 0.25) is 0 Å². The van der Waals surface area contributed by atoms with Gasteiger partial charge in [-0.1, -0.05) is 11.2 Å². The van der Waals surface area contributed by atoms with Gasteiger partial charge in [0, 0.05) is 24.2 Å². The van der Waals surface area contributed by atoms with Crippen LogP contribution in [0, 0.1) is 0 Å². The highest BCUT2D eigenvalue weighted by molar-refractivity contribution is 5.87. The topological polar surface area (TPSA) is 58.4 Å². The molecule has 4 nitrogen and oxygen atoms in total. The van der Waals surface area contributed by atoms with E-state index < -0.39 is 0 Å². The summed E-state index contributed by atoms with van der Waals surface area (Å²) >= 11 is 0. The maximum absolute atomic E-state index is 8.51. The van der Waals surface area contributed by atoms with E-state index >= 15 is 0 Å². The molecule has 0 aliphatic heterocycles. The average molecular weight is 199 g/mol. The predicted molar refractivity (Wildman–Crippen MR) is 56.8 cm³/mol. The van der Waals surface area contributed by atoms with Gasteiger partial charge in [-0.2, -0.15) is 0 Å². The van der Waals surface area contributed by atoms with E-state index in [9.17, 15) is 0 Å². The Morgan fingerprint density at radius 1 is 1.13 bits per heavy atom. The molecule has 2 rings (SSSR count). The minimum atomic E-state index is 0.631. The molecule has 0 fully saturated rings. The minimum Gasteiger partial charge on any atom is -0.411 e. The van der Waals surface area contributed by atoms with Gasteiger partial charge in [0.25, 0.3) is 0 Å². The lowest BCUT2D eigenvalue weighted by Crippen LogP contribution is -1.91. The number of hydrogen-bond acceptors (Lipinski definition) is 4. The van der Waals surface area contributed by atoms with E-state index in [4.69, 9.17) is 5.21 Å². The summed E-state index contributed by atoms with van der Waals surface area (Å²) in [4.78, 5) is 8.06. The van der Waals surface area contributed by atoms with Crippen LogP contribution in [-0.2, 0) is 0 Å². The van der Waals surface area contributed by atoms with Crippen molar-refractivity contribution in [3.8, 4) is 11.1 Å². The number of pyridine rings is 2. The van der Waals surface area contributed by atoms with Gasteiger partial charge in [0.1, 0.15) is 0 Å². The first-order valence-electron chi connectivity index (χ1n) is 4.44. The first-order valence-corrected chi connectivity index (χ1v) is 4.44. The van der Waals surface area contributed by atoms with Crippen LogP contribution in [0.4, 0.5) is 0 Å². The van der Waals surface area contributed by atoms with E-state index in [1.165, 1.54) is 6.21 Å². The van der Waals surface area contributed by atoms with Crippen molar-refractivity contribution in [2.45, 2.75) is 0 Å². The number of hydrogen-bond donors (Lipinski definition) is 1. The molecule has 0 aromatic carbocycles. The van der Waals surface area contributed by atoms with Crippen LogP contribution in [-0.4, -0.2) is 21.4 Å². The van der Waals surface area contributed by atoms with Gasteiger partial charge in [0.15, 0.2) is 0 Å². The molecular weight excluding hydrogens is 190 g/mol. The van der Waals surface area contributed by atoms with Crippen molar-refractivity contribution in [2.24, 2.45) is 5.16 Å². The summed E-state index contributed by atoms with van der Waals surface area (Å²) in [6.07, 6.45) is 6.39. The fourth-order valence-corrected chi connectivity index (χ4v) is 1.35. The summed E-state index contributed by atoms with van der Waals surface area (Å²) in [6, 6.07) is 7.52. The van der Waals surface area contributed by atoms with Crippen molar-refractivity contribution >= 4 is 6.21 Å². The first kappa shape index (κ1) is 9.33. The standard InChI is InChI=1S/C11H9N3O/c15-14-8-11-10(2-1-5-13-11)9-3-6-12-7-4-9/h1-8,15H. The molecule has 15 heavy (non-hydrogen) atoms. The van der Waals surface area contributed by atoms with Crippen LogP contribution in [0.1, 0.15) is 5.69 Å². The number of nitrogens with zero attached hydrogens (tertiary/aromatic N) is 3. The Bertz CT molecular complexity index is 468. The van der Waals surface area contributed by atoms with Crippen molar-refractivity contribution in [1.82, 2.24) is 9.97 Å². The van der Waals surface area contributed by atoms with E-state index in [0.29, 0.717) is 5.69 Å². The third kappa shape index (κ3) is 1.99. The van der Waals surface area contributed by atoms with Crippen LogP contribution in [0.5, 0.6) is 0 Å². The smallest absolute Gasteiger partial charge is 0.0924 e. The van der Waals surface area contributed by atoms with Crippen LogP contribution in [0.3, 0.4) is 0 Å². The van der Waals surface area contributed by atoms with E-state index in [1.54, 1.807) is 18.6 Å². The van der Waals surface area contributed by atoms with Crippen molar-refractivity contribution in [2.75, 3.05) is 0 Å². The number of oxime groups is 1. The maximum atomic E-state index is 8.51. The molecule has 0 aliphatic rings. The minimum absolute atomic E-state index is 0.631. The maximum Gasteiger partial charge on any atom is 0.0924 e. The molecule has 0 radical (unpaired) electrons. The third-order valence-electron chi connectivity index (χ3n) is 2.01. The molecule has 4 heteroatoms. The number of aromatic nitrogens is 2. The second-order valence-corrected chi connectivity index (χ2v) is 2.92. The largest absolute Gasteiger partial charge is 0.411 e. The van der Waals surface area contributed by atoms with Crippen LogP contribution in [0.15, 0.2) is 48.0 Å². The number of rotatable bonds is 2. The zero-order chi connectivity index (χ0) is 10.5. The Kier molecular flexibility index (Phi) is 2.69. The summed E-state index contributed by atoms with van der Waals surface area (Å²) in [5, 5.41) is 11.5. The van der Waals surface area contributed by atoms with Gasteiger partial charge in [-0.15, -0.1) is 0 Å². The fraction of sp³-hybridized carbons (Fsp3) is 0. The zero-order valence-corrected chi connectivity index (χ0v) is 7.91. The molecule has 2 aromatic rings. The molecule has 0 amide bonds. The summed E-state index contributed by atoms with van der Waals surface area (Å²) < 4.78 is 0. The summed E-state index contributed by atoms with van der Waals surface area (Å²) in [5.74, 6) is 0. The predicted octanol–water partition coefficient (Wildman–Crippen LogP) is 1.95. The van der Waals surface area contributed by atoms with Crippen LogP contribution < -0.4 is 0 Å². The summed E-state index contributed by atoms with van der Waals surface area (Å²) in [6.45, 7) is 0. The second-order valence-electron chi connectivity index (χ2n) is 2.92. The Morgan fingerprint density at radius 2 is 1.93 bits per heavy atom. The Labute approximate surface area is 86.9 Å². The van der Waals surface area contributed by atoms with E-state index in [0.717, 1.165) is 11.1 Å². The molecule has 0 spiro atoms. The quantitative estimate of drug-likeness (QED) is 0.457. The molecule has 0 aliphatic carbocycles. The highest BCUT2D eigenvalue weighted by atomic mass is 16.4. The van der Waals surface area contributed by atoms with Gasteiger partial charge >= 0.3 is 0 Å². The molecular formula is C11H9N3O. The molecule has 74 valence electrons. The normalized spacial score (nSPS) is 10.7. The molecule has 0 saturated heterocycles.